The molecule has 0 aromatic heterocycles. The van der Waals surface area contributed by atoms with Gasteiger partial charge in [-0.3, -0.25) is 9.59 Å². The van der Waals surface area contributed by atoms with Crippen LogP contribution in [0.15, 0.2) is 0 Å². The molecule has 2 fully saturated rings. The van der Waals surface area contributed by atoms with Gasteiger partial charge in [0.05, 0.1) is 12.0 Å². The minimum Gasteiger partial charge on any atom is -0.364 e. The Hall–Kier alpha value is -0.850. The monoisotopic (exact) mass is 333 g/mol. The Balaban J connectivity index is 0.00000242. The Morgan fingerprint density at radius 1 is 1.32 bits per heavy atom. The molecular formula is C15H28ClN3O3. The third-order valence-electron chi connectivity index (χ3n) is 4.30. The summed E-state index contributed by atoms with van der Waals surface area (Å²) in [5.41, 5.74) is 5.58. The molecule has 3 N–H and O–H groups in total. The van der Waals surface area contributed by atoms with E-state index in [4.69, 9.17) is 10.5 Å². The van der Waals surface area contributed by atoms with E-state index in [1.54, 1.807) is 4.90 Å². The van der Waals surface area contributed by atoms with E-state index in [1.165, 1.54) is 0 Å². The lowest BCUT2D eigenvalue weighted by molar-refractivity contribution is -0.145. The van der Waals surface area contributed by atoms with Crippen LogP contribution in [-0.4, -0.2) is 55.1 Å². The van der Waals surface area contributed by atoms with Gasteiger partial charge in [0, 0.05) is 26.2 Å². The zero-order valence-electron chi connectivity index (χ0n) is 13.3. The average Bonchev–Trinajstić information content (AvgIpc) is 3.01. The Kier molecular flexibility index (Phi) is 8.14. The maximum atomic E-state index is 12.5. The molecule has 0 bridgehead atoms. The maximum absolute atomic E-state index is 12.5. The summed E-state index contributed by atoms with van der Waals surface area (Å²) >= 11 is 0. The number of nitrogens with zero attached hydrogens (tertiary/aromatic N) is 1. The predicted molar refractivity (Wildman–Crippen MR) is 86.8 cm³/mol. The van der Waals surface area contributed by atoms with Gasteiger partial charge in [0.25, 0.3) is 5.91 Å². The van der Waals surface area contributed by atoms with Gasteiger partial charge in [-0.1, -0.05) is 6.92 Å². The highest BCUT2D eigenvalue weighted by molar-refractivity contribution is 5.85. The van der Waals surface area contributed by atoms with Gasteiger partial charge in [0.1, 0.15) is 6.10 Å². The second kappa shape index (κ2) is 9.33. The van der Waals surface area contributed by atoms with Crippen molar-refractivity contribution in [2.75, 3.05) is 26.2 Å². The summed E-state index contributed by atoms with van der Waals surface area (Å²) in [6, 6.07) is 0. The minimum absolute atomic E-state index is 0. The van der Waals surface area contributed by atoms with Crippen LogP contribution in [0.1, 0.15) is 39.0 Å². The predicted octanol–water partition coefficient (Wildman–Crippen LogP) is 0.679. The fourth-order valence-electron chi connectivity index (χ4n) is 3.05. The number of likely N-dealkylation sites (tertiary alicyclic amines) is 1. The van der Waals surface area contributed by atoms with Gasteiger partial charge < -0.3 is 20.7 Å². The standard InChI is InChI=1S/C15H27N3O3.ClH/c1-2-7-17-14(19)11-4-3-8-18(10-11)15(20)13-6-5-12(9-16)21-13;/h11-13H,2-10,16H2,1H3,(H,17,19);1H/t11?,12-,13+;/m1./s1. The molecule has 0 aromatic carbocycles. The molecule has 0 radical (unpaired) electrons. The van der Waals surface area contributed by atoms with E-state index in [0.29, 0.717) is 19.6 Å². The fraction of sp³-hybridized carbons (Fsp3) is 0.867. The number of amides is 2. The topological polar surface area (TPSA) is 84.7 Å². The van der Waals surface area contributed by atoms with Crippen molar-refractivity contribution in [3.8, 4) is 0 Å². The van der Waals surface area contributed by atoms with Crippen LogP contribution in [0.3, 0.4) is 0 Å². The van der Waals surface area contributed by atoms with Crippen molar-refractivity contribution in [1.29, 1.82) is 0 Å². The van der Waals surface area contributed by atoms with Crippen LogP contribution in [0.5, 0.6) is 0 Å². The third-order valence-corrected chi connectivity index (χ3v) is 4.30. The second-order valence-corrected chi connectivity index (χ2v) is 5.97. The van der Waals surface area contributed by atoms with E-state index >= 15 is 0 Å². The van der Waals surface area contributed by atoms with Gasteiger partial charge in [-0.15, -0.1) is 12.4 Å². The van der Waals surface area contributed by atoms with Crippen LogP contribution in [0.2, 0.25) is 0 Å². The molecule has 2 heterocycles. The van der Waals surface area contributed by atoms with Crippen molar-refractivity contribution < 1.29 is 14.3 Å². The van der Waals surface area contributed by atoms with E-state index < -0.39 is 0 Å². The Morgan fingerprint density at radius 3 is 2.73 bits per heavy atom. The highest BCUT2D eigenvalue weighted by Gasteiger charge is 2.36. The quantitative estimate of drug-likeness (QED) is 0.775. The normalized spacial score (nSPS) is 28.1. The Bertz CT molecular complexity index is 381. The lowest BCUT2D eigenvalue weighted by atomic mass is 9.96. The molecule has 2 amide bonds. The first-order valence-electron chi connectivity index (χ1n) is 8.07. The lowest BCUT2D eigenvalue weighted by Gasteiger charge is -2.33. The number of carbonyl (C=O) groups excluding carboxylic acids is 2. The van der Waals surface area contributed by atoms with Crippen molar-refractivity contribution in [1.82, 2.24) is 10.2 Å². The van der Waals surface area contributed by atoms with Gasteiger partial charge in [-0.2, -0.15) is 0 Å². The Labute approximate surface area is 138 Å². The largest absolute Gasteiger partial charge is 0.364 e. The van der Waals surface area contributed by atoms with Crippen molar-refractivity contribution >= 4 is 24.2 Å². The summed E-state index contributed by atoms with van der Waals surface area (Å²) in [5, 5.41) is 2.92. The number of piperidine rings is 1. The SMILES string of the molecule is CCCNC(=O)C1CCCN(C(=O)[C@@H]2CC[C@H](CN)O2)C1.Cl. The van der Waals surface area contributed by atoms with Gasteiger partial charge >= 0.3 is 0 Å². The van der Waals surface area contributed by atoms with Crippen molar-refractivity contribution in [3.05, 3.63) is 0 Å². The number of nitrogens with two attached hydrogens (primary N) is 1. The number of hydrogen-bond acceptors (Lipinski definition) is 4. The number of halogens is 1. The van der Waals surface area contributed by atoms with Crippen molar-refractivity contribution in [2.24, 2.45) is 11.7 Å². The first-order chi connectivity index (χ1) is 10.2. The average molecular weight is 334 g/mol. The maximum Gasteiger partial charge on any atom is 0.251 e. The molecule has 2 rings (SSSR count). The van der Waals surface area contributed by atoms with E-state index in [2.05, 4.69) is 5.32 Å². The summed E-state index contributed by atoms with van der Waals surface area (Å²) in [6.07, 6.45) is 3.89. The van der Waals surface area contributed by atoms with Crippen LogP contribution in [-0.2, 0) is 14.3 Å². The summed E-state index contributed by atoms with van der Waals surface area (Å²) in [6.45, 7) is 4.44. The zero-order chi connectivity index (χ0) is 15.2. The van der Waals surface area contributed by atoms with E-state index in [-0.39, 0.29) is 42.3 Å². The fourth-order valence-corrected chi connectivity index (χ4v) is 3.05. The molecule has 2 aliphatic rings. The number of ether oxygens (including phenoxy) is 1. The number of hydrogen-bond donors (Lipinski definition) is 2. The number of nitrogens with one attached hydrogen (secondary N) is 1. The highest BCUT2D eigenvalue weighted by Crippen LogP contribution is 2.24. The first kappa shape index (κ1) is 19.2. The van der Waals surface area contributed by atoms with E-state index in [9.17, 15) is 9.59 Å². The molecule has 3 atom stereocenters. The summed E-state index contributed by atoms with van der Waals surface area (Å²) < 4.78 is 5.67. The van der Waals surface area contributed by atoms with E-state index in [0.717, 1.165) is 38.6 Å². The molecule has 0 aromatic rings. The summed E-state index contributed by atoms with van der Waals surface area (Å²) in [5.74, 6) is 0.0152. The first-order valence-corrected chi connectivity index (χ1v) is 8.07. The minimum atomic E-state index is -0.365. The molecule has 0 aliphatic carbocycles. The molecule has 7 heteroatoms. The van der Waals surface area contributed by atoms with Gasteiger partial charge in [-0.05, 0) is 32.1 Å². The van der Waals surface area contributed by atoms with Gasteiger partial charge in [0.15, 0.2) is 0 Å². The van der Waals surface area contributed by atoms with Gasteiger partial charge in [0.2, 0.25) is 5.91 Å². The summed E-state index contributed by atoms with van der Waals surface area (Å²) in [4.78, 5) is 26.3. The third kappa shape index (κ3) is 4.83. The van der Waals surface area contributed by atoms with Crippen molar-refractivity contribution in [2.45, 2.75) is 51.2 Å². The smallest absolute Gasteiger partial charge is 0.251 e. The molecule has 0 spiro atoms. The molecule has 2 aliphatic heterocycles. The Morgan fingerprint density at radius 2 is 2.09 bits per heavy atom. The summed E-state index contributed by atoms with van der Waals surface area (Å²) in [7, 11) is 0. The van der Waals surface area contributed by atoms with Gasteiger partial charge in [-0.25, -0.2) is 0 Å². The van der Waals surface area contributed by atoms with Crippen LogP contribution < -0.4 is 11.1 Å². The zero-order valence-corrected chi connectivity index (χ0v) is 14.1. The van der Waals surface area contributed by atoms with Crippen LogP contribution in [0.25, 0.3) is 0 Å². The van der Waals surface area contributed by atoms with Crippen LogP contribution >= 0.6 is 12.4 Å². The lowest BCUT2D eigenvalue weighted by Crippen LogP contribution is -2.48. The van der Waals surface area contributed by atoms with Crippen LogP contribution in [0.4, 0.5) is 0 Å². The van der Waals surface area contributed by atoms with Crippen molar-refractivity contribution in [3.63, 3.8) is 0 Å². The molecule has 0 saturated carbocycles. The highest BCUT2D eigenvalue weighted by atomic mass is 35.5. The number of rotatable bonds is 5. The molecule has 22 heavy (non-hydrogen) atoms. The van der Waals surface area contributed by atoms with Crippen LogP contribution in [0, 0.1) is 5.92 Å². The molecule has 2 saturated heterocycles. The van der Waals surface area contributed by atoms with E-state index in [1.807, 2.05) is 6.92 Å². The second-order valence-electron chi connectivity index (χ2n) is 5.97. The number of carbonyl (C=O) groups is 2. The molecule has 1 unspecified atom stereocenters. The molecule has 128 valence electrons. The molecule has 6 nitrogen and oxygen atoms in total. The molecular weight excluding hydrogens is 306 g/mol.